The Morgan fingerprint density at radius 1 is 1.14 bits per heavy atom. The van der Waals surface area contributed by atoms with Crippen molar-refractivity contribution in [1.29, 1.82) is 0 Å². The van der Waals surface area contributed by atoms with Gasteiger partial charge in [-0.1, -0.05) is 55.5 Å². The maximum atomic E-state index is 13.1. The number of benzene rings is 2. The summed E-state index contributed by atoms with van der Waals surface area (Å²) < 4.78 is 11.7. The Morgan fingerprint density at radius 2 is 1.91 bits per heavy atom. The number of aromatic hydroxyl groups is 1. The van der Waals surface area contributed by atoms with E-state index in [2.05, 4.69) is 5.32 Å². The second kappa shape index (κ2) is 12.6. The van der Waals surface area contributed by atoms with Gasteiger partial charge >= 0.3 is 11.9 Å². The fourth-order valence-electron chi connectivity index (χ4n) is 3.90. The summed E-state index contributed by atoms with van der Waals surface area (Å²) in [5, 5.41) is 12.9. The number of nitrogens with one attached hydrogen (secondary N) is 1. The molecular formula is C28H31NO6. The maximum absolute atomic E-state index is 13.1. The molecule has 1 aliphatic rings. The van der Waals surface area contributed by atoms with E-state index >= 15 is 0 Å². The summed E-state index contributed by atoms with van der Waals surface area (Å²) in [4.78, 5) is 37.1. The Balaban J connectivity index is 1.89. The first kappa shape index (κ1) is 25.7. The largest absolute Gasteiger partial charge is 0.507 e. The first-order chi connectivity index (χ1) is 16.8. The van der Waals surface area contributed by atoms with Gasteiger partial charge in [-0.05, 0) is 48.7 Å². The van der Waals surface area contributed by atoms with Crippen LogP contribution in [0.25, 0.3) is 0 Å². The number of hydrogen-bond donors (Lipinski definition) is 2. The molecule has 7 nitrogen and oxygen atoms in total. The van der Waals surface area contributed by atoms with Gasteiger partial charge in [0.2, 0.25) is 5.91 Å². The van der Waals surface area contributed by atoms with Crippen LogP contribution >= 0.6 is 0 Å². The lowest BCUT2D eigenvalue weighted by Crippen LogP contribution is -2.32. The van der Waals surface area contributed by atoms with Crippen molar-refractivity contribution >= 4 is 17.8 Å². The molecule has 2 N–H and O–H groups in total. The van der Waals surface area contributed by atoms with Gasteiger partial charge in [0.25, 0.3) is 0 Å². The number of allylic oxidation sites excluding steroid dienone is 2. The van der Waals surface area contributed by atoms with E-state index in [1.54, 1.807) is 42.5 Å². The van der Waals surface area contributed by atoms with E-state index in [0.717, 1.165) is 0 Å². The number of carbonyl (C=O) groups excluding carboxylic acids is 3. The molecule has 0 fully saturated rings. The molecule has 1 heterocycles. The first-order valence-corrected chi connectivity index (χ1v) is 11.7. The second-order valence-electron chi connectivity index (χ2n) is 8.61. The first-order valence-electron chi connectivity index (χ1n) is 11.7. The molecule has 0 aliphatic carbocycles. The number of rotatable bonds is 5. The molecule has 0 saturated heterocycles. The van der Waals surface area contributed by atoms with Crippen molar-refractivity contribution in [2.45, 2.75) is 51.7 Å². The molecule has 35 heavy (non-hydrogen) atoms. The van der Waals surface area contributed by atoms with Gasteiger partial charge in [-0.2, -0.15) is 0 Å². The molecule has 7 heteroatoms. The summed E-state index contributed by atoms with van der Waals surface area (Å²) in [5.74, 6) is -1.49. The Morgan fingerprint density at radius 3 is 2.66 bits per heavy atom. The van der Waals surface area contributed by atoms with E-state index in [9.17, 15) is 19.5 Å². The summed E-state index contributed by atoms with van der Waals surface area (Å²) in [6.45, 7) is 3.39. The molecule has 1 amide bonds. The number of phenols is 1. The minimum atomic E-state index is -0.653. The molecule has 0 bridgehead atoms. The van der Waals surface area contributed by atoms with Gasteiger partial charge in [0.1, 0.15) is 23.5 Å². The zero-order valence-electron chi connectivity index (χ0n) is 20.0. The van der Waals surface area contributed by atoms with E-state index in [1.807, 2.05) is 25.1 Å². The number of carbonyl (C=O) groups is 3. The maximum Gasteiger partial charge on any atom is 0.342 e. The monoisotopic (exact) mass is 477 g/mol. The van der Waals surface area contributed by atoms with Gasteiger partial charge < -0.3 is 19.9 Å². The molecule has 3 atom stereocenters. The molecule has 0 saturated carbocycles. The fourth-order valence-corrected chi connectivity index (χ4v) is 3.90. The highest BCUT2D eigenvalue weighted by atomic mass is 16.6. The van der Waals surface area contributed by atoms with Gasteiger partial charge in [0, 0.05) is 19.8 Å². The Kier molecular flexibility index (Phi) is 9.23. The molecule has 0 radical (unpaired) electrons. The molecule has 2 aromatic carbocycles. The zero-order chi connectivity index (χ0) is 25.2. The number of amides is 1. The highest BCUT2D eigenvalue weighted by molar-refractivity contribution is 5.94. The molecule has 2 aromatic rings. The predicted molar refractivity (Wildman–Crippen MR) is 132 cm³/mol. The Hall–Kier alpha value is -3.87. The summed E-state index contributed by atoms with van der Waals surface area (Å²) in [6, 6.07) is 13.7. The van der Waals surface area contributed by atoms with Crippen LogP contribution in [0.3, 0.4) is 0 Å². The van der Waals surface area contributed by atoms with Crippen molar-refractivity contribution in [3.05, 3.63) is 89.6 Å². The van der Waals surface area contributed by atoms with E-state index in [0.29, 0.717) is 24.0 Å². The van der Waals surface area contributed by atoms with E-state index < -0.39 is 24.1 Å². The van der Waals surface area contributed by atoms with Gasteiger partial charge in [-0.15, -0.1) is 0 Å². The number of hydrogen-bond acceptors (Lipinski definition) is 6. The van der Waals surface area contributed by atoms with E-state index in [-0.39, 0.29) is 36.0 Å². The number of ether oxygens (including phenoxy) is 2. The quantitative estimate of drug-likeness (QED) is 0.478. The van der Waals surface area contributed by atoms with Gasteiger partial charge in [-0.25, -0.2) is 9.59 Å². The smallest absolute Gasteiger partial charge is 0.342 e. The second-order valence-corrected chi connectivity index (χ2v) is 8.61. The molecular weight excluding hydrogens is 446 g/mol. The topological polar surface area (TPSA) is 102 Å². The summed E-state index contributed by atoms with van der Waals surface area (Å²) in [5.41, 5.74) is 1.23. The lowest BCUT2D eigenvalue weighted by atomic mass is 9.93. The number of esters is 2. The van der Waals surface area contributed by atoms with Crippen LogP contribution < -0.4 is 5.32 Å². The molecule has 1 aliphatic heterocycles. The highest BCUT2D eigenvalue weighted by Gasteiger charge is 2.29. The molecule has 184 valence electrons. The SMILES string of the molecule is CC(=O)N/C=C/CC1C[C@@H](OC(=O)c2ccccc2)[C@@H](C)C/C=C/Cc2cccc(O)c2C(=O)O1. The normalized spacial score (nSPS) is 21.7. The minimum Gasteiger partial charge on any atom is -0.507 e. The summed E-state index contributed by atoms with van der Waals surface area (Å²) in [6.07, 6.45) is 7.60. The minimum absolute atomic E-state index is 0.0393. The third kappa shape index (κ3) is 7.57. The van der Waals surface area contributed by atoms with E-state index in [4.69, 9.17) is 9.47 Å². The third-order valence-electron chi connectivity index (χ3n) is 5.82. The van der Waals surface area contributed by atoms with Crippen molar-refractivity contribution in [3.8, 4) is 5.75 Å². The van der Waals surface area contributed by atoms with Gasteiger partial charge in [-0.3, -0.25) is 4.79 Å². The molecule has 1 unspecified atom stereocenters. The van der Waals surface area contributed by atoms with Crippen molar-refractivity contribution in [1.82, 2.24) is 5.32 Å². The van der Waals surface area contributed by atoms with Crippen LogP contribution in [0.4, 0.5) is 0 Å². The van der Waals surface area contributed by atoms with Gasteiger partial charge in [0.15, 0.2) is 0 Å². The molecule has 0 aromatic heterocycles. The summed E-state index contributed by atoms with van der Waals surface area (Å²) >= 11 is 0. The molecule has 0 spiro atoms. The molecule has 3 rings (SSSR count). The zero-order valence-corrected chi connectivity index (χ0v) is 20.0. The average Bonchev–Trinajstić information content (AvgIpc) is 2.83. The highest BCUT2D eigenvalue weighted by Crippen LogP contribution is 2.28. The lowest BCUT2D eigenvalue weighted by molar-refractivity contribution is -0.118. The Labute approximate surface area is 205 Å². The standard InChI is InChI=1S/C28H31NO6/c1-19-10-6-7-11-21-14-8-16-24(31)26(21)28(33)34-23(15-9-17-29-20(2)30)18-25(19)35-27(32)22-12-4-3-5-13-22/h3-9,12-14,16-17,19,23,25,31H,10-11,15,18H2,1-2H3,(H,29,30)/b7-6+,17-9+/t19-,23?,25+/m0/s1. The van der Waals surface area contributed by atoms with Crippen molar-refractivity contribution in [2.75, 3.05) is 0 Å². The van der Waals surface area contributed by atoms with Crippen LogP contribution in [0, 0.1) is 5.92 Å². The fraction of sp³-hybridized carbons (Fsp3) is 0.321. The average molecular weight is 478 g/mol. The summed E-state index contributed by atoms with van der Waals surface area (Å²) in [7, 11) is 0. The van der Waals surface area contributed by atoms with Crippen molar-refractivity contribution in [2.24, 2.45) is 5.92 Å². The van der Waals surface area contributed by atoms with Crippen LogP contribution in [-0.4, -0.2) is 35.2 Å². The predicted octanol–water partition coefficient (Wildman–Crippen LogP) is 4.71. The van der Waals surface area contributed by atoms with E-state index in [1.165, 1.54) is 19.2 Å². The number of fused-ring (bicyclic) bond motifs is 1. The van der Waals surface area contributed by atoms with Crippen molar-refractivity contribution < 1.29 is 29.0 Å². The third-order valence-corrected chi connectivity index (χ3v) is 5.82. The van der Waals surface area contributed by atoms with Crippen LogP contribution in [0.15, 0.2) is 73.0 Å². The van der Waals surface area contributed by atoms with Gasteiger partial charge in [0.05, 0.1) is 5.56 Å². The van der Waals surface area contributed by atoms with Crippen molar-refractivity contribution in [3.63, 3.8) is 0 Å². The van der Waals surface area contributed by atoms with Crippen LogP contribution in [-0.2, 0) is 20.7 Å². The Bertz CT molecular complexity index is 1090. The van der Waals surface area contributed by atoms with Crippen LogP contribution in [0.2, 0.25) is 0 Å². The number of phenolic OH excluding ortho intramolecular Hbond substituents is 1. The van der Waals surface area contributed by atoms with Crippen LogP contribution in [0.5, 0.6) is 5.75 Å². The van der Waals surface area contributed by atoms with Crippen LogP contribution in [0.1, 0.15) is 59.4 Å². The lowest BCUT2D eigenvalue weighted by Gasteiger charge is -2.28. The number of cyclic esters (lactones) is 1.